The first-order valence-corrected chi connectivity index (χ1v) is 7.84. The van der Waals surface area contributed by atoms with Crippen LogP contribution in [0.1, 0.15) is 26.2 Å². The first-order chi connectivity index (χ1) is 8.53. The highest BCUT2D eigenvalue weighted by Crippen LogP contribution is 2.18. The van der Waals surface area contributed by atoms with Gasteiger partial charge in [-0.15, -0.1) is 0 Å². The minimum Gasteiger partial charge on any atom is -0.396 e. The Hall–Kier alpha value is -0.210. The Balaban J connectivity index is 2.61. The number of hydrogen-bond donors (Lipinski definition) is 2. The molecule has 7 heteroatoms. The lowest BCUT2D eigenvalue weighted by Crippen LogP contribution is -2.50. The van der Waals surface area contributed by atoms with Crippen molar-refractivity contribution in [2.45, 2.75) is 32.2 Å². The van der Waals surface area contributed by atoms with Crippen LogP contribution >= 0.6 is 0 Å². The fourth-order valence-corrected chi connectivity index (χ4v) is 3.70. The molecule has 0 saturated carbocycles. The lowest BCUT2D eigenvalue weighted by Gasteiger charge is -2.32. The molecule has 0 aromatic heterocycles. The van der Waals surface area contributed by atoms with E-state index < -0.39 is 10.2 Å². The van der Waals surface area contributed by atoms with Crippen molar-refractivity contribution in [2.24, 2.45) is 5.92 Å². The number of rotatable bonds is 7. The summed E-state index contributed by atoms with van der Waals surface area (Å²) in [6, 6.07) is -0.200. The number of methoxy groups -OCH3 is 1. The lowest BCUT2D eigenvalue weighted by molar-refractivity contribution is 0.159. The molecular weight excluding hydrogens is 256 g/mol. The van der Waals surface area contributed by atoms with Crippen molar-refractivity contribution in [3.8, 4) is 0 Å². The van der Waals surface area contributed by atoms with Crippen molar-refractivity contribution in [2.75, 3.05) is 33.4 Å². The van der Waals surface area contributed by atoms with Crippen LogP contribution in [0.3, 0.4) is 0 Å². The number of aliphatic hydroxyl groups excluding tert-OH is 1. The Labute approximate surface area is 109 Å². The Kier molecular flexibility index (Phi) is 6.51. The molecule has 1 saturated heterocycles. The predicted molar refractivity (Wildman–Crippen MR) is 69.4 cm³/mol. The maximum atomic E-state index is 12.2. The van der Waals surface area contributed by atoms with E-state index in [0.717, 1.165) is 12.8 Å². The van der Waals surface area contributed by atoms with Crippen molar-refractivity contribution in [3.63, 3.8) is 0 Å². The van der Waals surface area contributed by atoms with E-state index in [-0.39, 0.29) is 18.6 Å². The molecule has 0 amide bonds. The van der Waals surface area contributed by atoms with Crippen LogP contribution < -0.4 is 4.72 Å². The van der Waals surface area contributed by atoms with E-state index in [1.54, 1.807) is 7.11 Å². The van der Waals surface area contributed by atoms with Gasteiger partial charge in [-0.05, 0) is 25.2 Å². The molecule has 1 heterocycles. The van der Waals surface area contributed by atoms with Gasteiger partial charge in [0.05, 0.1) is 6.61 Å². The van der Waals surface area contributed by atoms with Gasteiger partial charge in [0.25, 0.3) is 10.2 Å². The molecule has 2 N–H and O–H groups in total. The van der Waals surface area contributed by atoms with Crippen LogP contribution in [-0.4, -0.2) is 57.3 Å². The summed E-state index contributed by atoms with van der Waals surface area (Å²) in [5.41, 5.74) is 0. The Bertz CT molecular complexity index is 334. The number of nitrogens with zero attached hydrogens (tertiary/aromatic N) is 1. The fourth-order valence-electron chi connectivity index (χ4n) is 2.12. The van der Waals surface area contributed by atoms with Gasteiger partial charge >= 0.3 is 0 Å². The van der Waals surface area contributed by atoms with E-state index in [9.17, 15) is 8.42 Å². The van der Waals surface area contributed by atoms with Gasteiger partial charge in [-0.2, -0.15) is 17.4 Å². The highest BCUT2D eigenvalue weighted by molar-refractivity contribution is 7.87. The average Bonchev–Trinajstić information content (AvgIpc) is 2.38. The Morgan fingerprint density at radius 3 is 2.83 bits per heavy atom. The zero-order valence-electron chi connectivity index (χ0n) is 11.1. The summed E-state index contributed by atoms with van der Waals surface area (Å²) in [5.74, 6) is 0.0535. The number of ether oxygens (including phenoxy) is 1. The van der Waals surface area contributed by atoms with E-state index in [1.807, 2.05) is 6.92 Å². The third-order valence-electron chi connectivity index (χ3n) is 3.26. The zero-order chi connectivity index (χ0) is 13.6. The Morgan fingerprint density at radius 1 is 1.56 bits per heavy atom. The molecule has 6 nitrogen and oxygen atoms in total. The summed E-state index contributed by atoms with van der Waals surface area (Å²) in [7, 11) is -1.91. The van der Waals surface area contributed by atoms with Gasteiger partial charge in [-0.3, -0.25) is 0 Å². The number of hydrogen-bond acceptors (Lipinski definition) is 4. The van der Waals surface area contributed by atoms with Gasteiger partial charge in [0.2, 0.25) is 0 Å². The van der Waals surface area contributed by atoms with Crippen LogP contribution in [0.5, 0.6) is 0 Å². The predicted octanol–water partition coefficient (Wildman–Crippen LogP) is -0.0499. The van der Waals surface area contributed by atoms with Crippen LogP contribution in [0.15, 0.2) is 0 Å². The molecule has 0 aliphatic carbocycles. The summed E-state index contributed by atoms with van der Waals surface area (Å²) < 4.78 is 33.4. The largest absolute Gasteiger partial charge is 0.396 e. The first kappa shape index (κ1) is 15.8. The normalized spacial score (nSPS) is 24.1. The minimum atomic E-state index is -3.47. The first-order valence-electron chi connectivity index (χ1n) is 6.40. The van der Waals surface area contributed by atoms with E-state index in [4.69, 9.17) is 9.84 Å². The molecule has 0 radical (unpaired) electrons. The molecule has 1 aliphatic heterocycles. The molecule has 18 heavy (non-hydrogen) atoms. The van der Waals surface area contributed by atoms with Crippen molar-refractivity contribution in [1.29, 1.82) is 0 Å². The van der Waals surface area contributed by atoms with Crippen LogP contribution in [0.2, 0.25) is 0 Å². The maximum absolute atomic E-state index is 12.2. The maximum Gasteiger partial charge on any atom is 0.279 e. The molecule has 2 unspecified atom stereocenters. The summed E-state index contributed by atoms with van der Waals surface area (Å²) in [4.78, 5) is 0. The topological polar surface area (TPSA) is 78.9 Å². The molecule has 108 valence electrons. The highest BCUT2D eigenvalue weighted by Gasteiger charge is 2.29. The molecule has 0 aromatic rings. The molecule has 1 fully saturated rings. The third-order valence-corrected chi connectivity index (χ3v) is 4.90. The van der Waals surface area contributed by atoms with Gasteiger partial charge in [-0.25, -0.2) is 0 Å². The zero-order valence-corrected chi connectivity index (χ0v) is 11.9. The summed E-state index contributed by atoms with van der Waals surface area (Å²) in [6.45, 7) is 3.25. The summed E-state index contributed by atoms with van der Waals surface area (Å²) >= 11 is 0. The fraction of sp³-hybridized carbons (Fsp3) is 1.00. The molecule has 1 rings (SSSR count). The van der Waals surface area contributed by atoms with Gasteiger partial charge < -0.3 is 9.84 Å². The Morgan fingerprint density at radius 2 is 2.28 bits per heavy atom. The molecule has 0 spiro atoms. The van der Waals surface area contributed by atoms with Crippen LogP contribution in [0.25, 0.3) is 0 Å². The van der Waals surface area contributed by atoms with E-state index >= 15 is 0 Å². The van der Waals surface area contributed by atoms with Crippen LogP contribution in [-0.2, 0) is 14.9 Å². The molecule has 0 aromatic carbocycles. The van der Waals surface area contributed by atoms with Gasteiger partial charge in [-0.1, -0.05) is 6.92 Å². The number of piperidine rings is 1. The molecule has 2 atom stereocenters. The lowest BCUT2D eigenvalue weighted by atomic mass is 10.0. The van der Waals surface area contributed by atoms with Gasteiger partial charge in [0, 0.05) is 32.8 Å². The van der Waals surface area contributed by atoms with Crippen LogP contribution in [0.4, 0.5) is 0 Å². The van der Waals surface area contributed by atoms with Crippen LogP contribution in [0, 0.1) is 5.92 Å². The number of aliphatic hydroxyl groups is 1. The third kappa shape index (κ3) is 4.47. The van der Waals surface area contributed by atoms with E-state index in [0.29, 0.717) is 26.1 Å². The number of nitrogens with one attached hydrogen (secondary N) is 1. The minimum absolute atomic E-state index is 0.0430. The second kappa shape index (κ2) is 7.40. The standard InChI is InChI=1S/C11H24N2O4S/c1-3-11(9-17-2)12-18(15,16)13-6-4-5-10(7-13)8-14/h10-12,14H,3-9H2,1-2H3. The second-order valence-corrected chi connectivity index (χ2v) is 6.43. The van der Waals surface area contributed by atoms with E-state index in [2.05, 4.69) is 4.72 Å². The van der Waals surface area contributed by atoms with Gasteiger partial charge in [0.15, 0.2) is 0 Å². The quantitative estimate of drug-likeness (QED) is 0.685. The molecule has 0 bridgehead atoms. The smallest absolute Gasteiger partial charge is 0.279 e. The van der Waals surface area contributed by atoms with E-state index in [1.165, 1.54) is 4.31 Å². The molecular formula is C11H24N2O4S. The molecule has 1 aliphatic rings. The second-order valence-electron chi connectivity index (χ2n) is 4.73. The van der Waals surface area contributed by atoms with Crippen molar-refractivity contribution < 1.29 is 18.3 Å². The summed E-state index contributed by atoms with van der Waals surface area (Å²) in [6.07, 6.45) is 2.37. The van der Waals surface area contributed by atoms with Crippen molar-refractivity contribution in [1.82, 2.24) is 9.03 Å². The summed E-state index contributed by atoms with van der Waals surface area (Å²) in [5, 5.41) is 9.12. The average molecular weight is 280 g/mol. The highest BCUT2D eigenvalue weighted by atomic mass is 32.2. The SMILES string of the molecule is CCC(COC)NS(=O)(=O)N1CCCC(CO)C1. The van der Waals surface area contributed by atoms with Crippen molar-refractivity contribution >= 4 is 10.2 Å². The monoisotopic (exact) mass is 280 g/mol. The van der Waals surface area contributed by atoms with Gasteiger partial charge in [0.1, 0.15) is 0 Å². The van der Waals surface area contributed by atoms with Crippen molar-refractivity contribution in [3.05, 3.63) is 0 Å².